The summed E-state index contributed by atoms with van der Waals surface area (Å²) in [6.07, 6.45) is -6.48. The normalized spacial score (nSPS) is 18.6. The van der Waals surface area contributed by atoms with Crippen molar-refractivity contribution >= 4 is 17.8 Å². The highest BCUT2D eigenvalue weighted by Gasteiger charge is 2.48. The maximum Gasteiger partial charge on any atom is 0.490 e. The van der Waals surface area contributed by atoms with Crippen molar-refractivity contribution in [3.8, 4) is 0 Å². The number of carbonyl (C=O) groups is 3. The second kappa shape index (κ2) is 12.9. The minimum absolute atomic E-state index is 0.269. The Kier molecular flexibility index (Phi) is 11.1. The minimum Gasteiger partial charge on any atom is -0.475 e. The summed E-state index contributed by atoms with van der Waals surface area (Å²) >= 11 is 0. The van der Waals surface area contributed by atoms with Crippen molar-refractivity contribution < 1.29 is 50.9 Å². The number of rotatable bonds is 3. The Morgan fingerprint density at radius 2 is 1.47 bits per heavy atom. The smallest absolute Gasteiger partial charge is 0.475 e. The third-order valence-electron chi connectivity index (χ3n) is 5.78. The molecule has 3 rings (SSSR count). The molecule has 1 spiro atoms. The van der Waals surface area contributed by atoms with E-state index in [2.05, 4.69) is 34.8 Å². The predicted molar refractivity (Wildman–Crippen MR) is 114 cm³/mol. The Hall–Kier alpha value is -2.94. The Labute approximate surface area is 203 Å². The highest BCUT2D eigenvalue weighted by molar-refractivity contribution is 5.87. The third kappa shape index (κ3) is 8.93. The molecule has 0 aromatic carbocycles. The number of carboxylic acids is 2. The Morgan fingerprint density at radius 1 is 0.972 bits per heavy atom. The van der Waals surface area contributed by atoms with E-state index < -0.39 is 24.3 Å². The standard InChI is InChI=1S/C17H26N4O.2C2HF3O2/c1-3-21-13-12-19(2)17(16(21)22)7-10-20(11-8-17)14-15-6-4-5-9-18-15;2*3-2(4,5)1(6)7/h4-6,9H,3,7-8,10-14H2,1-2H3;2*(H,6,7). The van der Waals surface area contributed by atoms with Crippen LogP contribution in [0.1, 0.15) is 25.5 Å². The van der Waals surface area contributed by atoms with Gasteiger partial charge in [-0.15, -0.1) is 0 Å². The number of aromatic nitrogens is 1. The van der Waals surface area contributed by atoms with Crippen molar-refractivity contribution in [3.63, 3.8) is 0 Å². The average Bonchev–Trinajstić information content (AvgIpc) is 2.79. The molecule has 0 unspecified atom stereocenters. The van der Waals surface area contributed by atoms with Crippen LogP contribution in [0.5, 0.6) is 0 Å². The molecule has 1 aromatic rings. The van der Waals surface area contributed by atoms with E-state index in [0.29, 0.717) is 5.91 Å². The SMILES string of the molecule is CCN1CCN(C)C2(CCN(Cc3ccccn3)CC2)C1=O.O=C(O)C(F)(F)F.O=C(O)C(F)(F)F. The largest absolute Gasteiger partial charge is 0.490 e. The zero-order valence-corrected chi connectivity index (χ0v) is 19.6. The summed E-state index contributed by atoms with van der Waals surface area (Å²) in [6, 6.07) is 6.05. The molecule has 0 bridgehead atoms. The number of piperidine rings is 1. The fraction of sp³-hybridized carbons (Fsp3) is 0.619. The van der Waals surface area contributed by atoms with E-state index in [0.717, 1.165) is 57.8 Å². The second-order valence-corrected chi connectivity index (χ2v) is 8.04. The molecule has 0 aliphatic carbocycles. The lowest BCUT2D eigenvalue weighted by Gasteiger charge is -2.51. The molecule has 1 aromatic heterocycles. The fourth-order valence-electron chi connectivity index (χ4n) is 3.74. The van der Waals surface area contributed by atoms with Crippen LogP contribution in [0, 0.1) is 0 Å². The zero-order valence-electron chi connectivity index (χ0n) is 19.6. The molecular formula is C21H28F6N4O5. The number of alkyl halides is 6. The van der Waals surface area contributed by atoms with E-state index in [1.54, 1.807) is 0 Å². The van der Waals surface area contributed by atoms with Crippen LogP contribution in [0.25, 0.3) is 0 Å². The molecule has 2 N–H and O–H groups in total. The maximum absolute atomic E-state index is 12.9. The molecule has 0 saturated carbocycles. The van der Waals surface area contributed by atoms with Gasteiger partial charge < -0.3 is 15.1 Å². The molecule has 2 aliphatic rings. The van der Waals surface area contributed by atoms with Gasteiger partial charge in [0.15, 0.2) is 0 Å². The second-order valence-electron chi connectivity index (χ2n) is 8.04. The molecule has 9 nitrogen and oxygen atoms in total. The first kappa shape index (κ1) is 31.1. The van der Waals surface area contributed by atoms with Crippen LogP contribution < -0.4 is 0 Å². The number of likely N-dealkylation sites (tertiary alicyclic amines) is 1. The Balaban J connectivity index is 0.000000383. The molecular weight excluding hydrogens is 502 g/mol. The molecule has 36 heavy (non-hydrogen) atoms. The van der Waals surface area contributed by atoms with Crippen molar-refractivity contribution in [2.24, 2.45) is 0 Å². The molecule has 0 radical (unpaired) electrons. The van der Waals surface area contributed by atoms with Crippen molar-refractivity contribution in [2.75, 3.05) is 39.8 Å². The predicted octanol–water partition coefficient (Wildman–Crippen LogP) is 2.48. The van der Waals surface area contributed by atoms with Gasteiger partial charge in [0.25, 0.3) is 0 Å². The topological polar surface area (TPSA) is 114 Å². The van der Waals surface area contributed by atoms with Crippen LogP contribution in [0.4, 0.5) is 26.3 Å². The molecule has 2 aliphatic heterocycles. The van der Waals surface area contributed by atoms with Gasteiger partial charge in [0, 0.05) is 45.5 Å². The number of pyridine rings is 1. The summed E-state index contributed by atoms with van der Waals surface area (Å²) in [5.41, 5.74) is 0.839. The van der Waals surface area contributed by atoms with Crippen LogP contribution in [0.2, 0.25) is 0 Å². The number of aliphatic carboxylic acids is 2. The summed E-state index contributed by atoms with van der Waals surface area (Å²) < 4.78 is 63.5. The number of hydrogen-bond acceptors (Lipinski definition) is 6. The first-order chi connectivity index (χ1) is 16.5. The van der Waals surface area contributed by atoms with Crippen LogP contribution in [0.15, 0.2) is 24.4 Å². The molecule has 0 atom stereocenters. The maximum atomic E-state index is 12.9. The van der Waals surface area contributed by atoms with Gasteiger partial charge in [0.2, 0.25) is 5.91 Å². The number of nitrogens with zero attached hydrogens (tertiary/aromatic N) is 4. The number of carboxylic acid groups (broad SMARTS) is 2. The molecule has 15 heteroatoms. The van der Waals surface area contributed by atoms with Gasteiger partial charge in [0.1, 0.15) is 5.54 Å². The fourth-order valence-corrected chi connectivity index (χ4v) is 3.74. The lowest BCUT2D eigenvalue weighted by atomic mass is 9.82. The summed E-state index contributed by atoms with van der Waals surface area (Å²) in [5.74, 6) is -5.18. The lowest BCUT2D eigenvalue weighted by molar-refractivity contribution is -0.193. The summed E-state index contributed by atoms with van der Waals surface area (Å²) in [5, 5.41) is 14.2. The van der Waals surface area contributed by atoms with Crippen molar-refractivity contribution in [2.45, 2.75) is 44.2 Å². The first-order valence-corrected chi connectivity index (χ1v) is 10.8. The van der Waals surface area contributed by atoms with Crippen molar-refractivity contribution in [3.05, 3.63) is 30.1 Å². The van der Waals surface area contributed by atoms with Gasteiger partial charge in [-0.05, 0) is 38.9 Å². The molecule has 3 heterocycles. The Morgan fingerprint density at radius 3 is 1.86 bits per heavy atom. The zero-order chi connectivity index (χ0) is 27.7. The highest BCUT2D eigenvalue weighted by atomic mass is 19.4. The third-order valence-corrected chi connectivity index (χ3v) is 5.78. The van der Waals surface area contributed by atoms with Gasteiger partial charge in [0.05, 0.1) is 5.69 Å². The number of likely N-dealkylation sites (N-methyl/N-ethyl adjacent to an activating group) is 2. The van der Waals surface area contributed by atoms with E-state index in [4.69, 9.17) is 19.8 Å². The van der Waals surface area contributed by atoms with Gasteiger partial charge in [-0.25, -0.2) is 9.59 Å². The van der Waals surface area contributed by atoms with E-state index in [9.17, 15) is 31.1 Å². The molecule has 204 valence electrons. The lowest BCUT2D eigenvalue weighted by Crippen LogP contribution is -2.67. The monoisotopic (exact) mass is 530 g/mol. The van der Waals surface area contributed by atoms with E-state index in [-0.39, 0.29) is 5.54 Å². The van der Waals surface area contributed by atoms with Crippen LogP contribution in [-0.2, 0) is 20.9 Å². The summed E-state index contributed by atoms with van der Waals surface area (Å²) in [7, 11) is 2.11. The van der Waals surface area contributed by atoms with Gasteiger partial charge in [-0.3, -0.25) is 19.6 Å². The quantitative estimate of drug-likeness (QED) is 0.574. The highest BCUT2D eigenvalue weighted by Crippen LogP contribution is 2.33. The van der Waals surface area contributed by atoms with E-state index >= 15 is 0 Å². The first-order valence-electron chi connectivity index (χ1n) is 10.8. The Bertz CT molecular complexity index is 850. The van der Waals surface area contributed by atoms with Crippen LogP contribution in [-0.4, -0.2) is 105 Å². The van der Waals surface area contributed by atoms with E-state index in [1.807, 2.05) is 23.2 Å². The van der Waals surface area contributed by atoms with Crippen molar-refractivity contribution in [1.82, 2.24) is 19.7 Å². The molecule has 2 fully saturated rings. The average molecular weight is 530 g/mol. The molecule has 1 amide bonds. The number of carbonyl (C=O) groups excluding carboxylic acids is 1. The van der Waals surface area contributed by atoms with Crippen molar-refractivity contribution in [1.29, 1.82) is 0 Å². The van der Waals surface area contributed by atoms with Gasteiger partial charge >= 0.3 is 24.3 Å². The number of amides is 1. The van der Waals surface area contributed by atoms with Crippen LogP contribution >= 0.6 is 0 Å². The summed E-state index contributed by atoms with van der Waals surface area (Å²) in [6.45, 7) is 7.56. The number of piperazine rings is 1. The number of halogens is 6. The van der Waals surface area contributed by atoms with Gasteiger partial charge in [-0.2, -0.15) is 26.3 Å². The van der Waals surface area contributed by atoms with Gasteiger partial charge in [-0.1, -0.05) is 6.07 Å². The summed E-state index contributed by atoms with van der Waals surface area (Å²) in [4.78, 5) is 41.8. The van der Waals surface area contributed by atoms with Crippen LogP contribution in [0.3, 0.4) is 0 Å². The molecule has 2 saturated heterocycles. The van der Waals surface area contributed by atoms with E-state index in [1.165, 1.54) is 0 Å². The minimum atomic E-state index is -5.08. The number of hydrogen-bond donors (Lipinski definition) is 2.